The van der Waals surface area contributed by atoms with Gasteiger partial charge in [0.2, 0.25) is 0 Å². The van der Waals surface area contributed by atoms with Crippen molar-refractivity contribution in [2.45, 2.75) is 12.5 Å². The summed E-state index contributed by atoms with van der Waals surface area (Å²) in [5.41, 5.74) is 8.51. The van der Waals surface area contributed by atoms with Crippen LogP contribution in [-0.4, -0.2) is 23.9 Å². The van der Waals surface area contributed by atoms with E-state index in [9.17, 15) is 4.79 Å². The number of hydrogen-bond donors (Lipinski definition) is 2. The predicted octanol–water partition coefficient (Wildman–Crippen LogP) is 1.24. The van der Waals surface area contributed by atoms with E-state index in [-0.39, 0.29) is 5.78 Å². The van der Waals surface area contributed by atoms with E-state index in [4.69, 9.17) is 10.5 Å². The van der Waals surface area contributed by atoms with Crippen molar-refractivity contribution >= 4 is 16.7 Å². The number of benzene rings is 1. The van der Waals surface area contributed by atoms with Gasteiger partial charge in [0, 0.05) is 17.1 Å². The highest BCUT2D eigenvalue weighted by Crippen LogP contribution is 2.35. The molecule has 1 aromatic heterocycles. The quantitative estimate of drug-likeness (QED) is 0.753. The SMILES string of the molecule is COc1ccc2[nH]cc3c2c1C(=O)[C@@H](N)C3. The number of Topliss-reactive ketones (excluding diaryl/α,β-unsaturated/α-hetero) is 1. The molecule has 4 nitrogen and oxygen atoms in total. The van der Waals surface area contributed by atoms with Gasteiger partial charge in [0.1, 0.15) is 5.75 Å². The van der Waals surface area contributed by atoms with Crippen LogP contribution in [0.1, 0.15) is 15.9 Å². The zero-order valence-corrected chi connectivity index (χ0v) is 8.91. The number of H-pyrrole nitrogens is 1. The van der Waals surface area contributed by atoms with E-state index in [1.165, 1.54) is 0 Å². The third kappa shape index (κ3) is 1.05. The zero-order valence-electron chi connectivity index (χ0n) is 8.91. The van der Waals surface area contributed by atoms with E-state index in [2.05, 4.69) is 4.98 Å². The van der Waals surface area contributed by atoms with E-state index >= 15 is 0 Å². The summed E-state index contributed by atoms with van der Waals surface area (Å²) in [6, 6.07) is 3.27. The highest BCUT2D eigenvalue weighted by molar-refractivity contribution is 6.15. The number of carbonyl (C=O) groups excluding carboxylic acids is 1. The lowest BCUT2D eigenvalue weighted by Crippen LogP contribution is -2.35. The molecule has 82 valence electrons. The predicted molar refractivity (Wildman–Crippen MR) is 60.9 cm³/mol. The number of hydrogen-bond acceptors (Lipinski definition) is 3. The van der Waals surface area contributed by atoms with Gasteiger partial charge in [0.15, 0.2) is 5.78 Å². The molecule has 0 saturated carbocycles. The van der Waals surface area contributed by atoms with Crippen LogP contribution in [0, 0.1) is 0 Å². The van der Waals surface area contributed by atoms with Gasteiger partial charge in [-0.15, -0.1) is 0 Å². The van der Waals surface area contributed by atoms with Crippen molar-refractivity contribution in [2.24, 2.45) is 5.73 Å². The topological polar surface area (TPSA) is 68.1 Å². The molecule has 1 aromatic carbocycles. The molecule has 0 aliphatic heterocycles. The lowest BCUT2D eigenvalue weighted by Gasteiger charge is -2.19. The van der Waals surface area contributed by atoms with Crippen LogP contribution in [-0.2, 0) is 6.42 Å². The maximum Gasteiger partial charge on any atom is 0.184 e. The Morgan fingerprint density at radius 2 is 2.31 bits per heavy atom. The molecule has 0 fully saturated rings. The van der Waals surface area contributed by atoms with E-state index in [1.807, 2.05) is 12.3 Å². The summed E-state index contributed by atoms with van der Waals surface area (Å²) < 4.78 is 5.23. The lowest BCUT2D eigenvalue weighted by molar-refractivity contribution is 0.0956. The number of rotatable bonds is 1. The maximum absolute atomic E-state index is 12.1. The highest BCUT2D eigenvalue weighted by atomic mass is 16.5. The van der Waals surface area contributed by atoms with Crippen molar-refractivity contribution in [1.82, 2.24) is 4.98 Å². The molecule has 0 amide bonds. The summed E-state index contributed by atoms with van der Waals surface area (Å²) in [5, 5.41) is 0.964. The third-order valence-electron chi connectivity index (χ3n) is 3.13. The zero-order chi connectivity index (χ0) is 11.3. The van der Waals surface area contributed by atoms with Crippen LogP contribution in [0.5, 0.6) is 5.75 Å². The Morgan fingerprint density at radius 3 is 3.06 bits per heavy atom. The minimum Gasteiger partial charge on any atom is -0.496 e. The second kappa shape index (κ2) is 3.09. The number of carbonyl (C=O) groups is 1. The van der Waals surface area contributed by atoms with Crippen LogP contribution >= 0.6 is 0 Å². The third-order valence-corrected chi connectivity index (χ3v) is 3.13. The summed E-state index contributed by atoms with van der Waals surface area (Å²) >= 11 is 0. The molecule has 3 rings (SSSR count). The first-order valence-electron chi connectivity index (χ1n) is 5.19. The van der Waals surface area contributed by atoms with E-state index < -0.39 is 6.04 Å². The molecule has 0 bridgehead atoms. The molecule has 0 spiro atoms. The molecule has 1 aliphatic rings. The number of ketones is 1. The summed E-state index contributed by atoms with van der Waals surface area (Å²) in [6.07, 6.45) is 2.51. The van der Waals surface area contributed by atoms with Crippen molar-refractivity contribution in [3.8, 4) is 5.75 Å². The van der Waals surface area contributed by atoms with Crippen molar-refractivity contribution in [1.29, 1.82) is 0 Å². The van der Waals surface area contributed by atoms with Crippen LogP contribution in [0.2, 0.25) is 0 Å². The minimum atomic E-state index is -0.456. The molecule has 3 N–H and O–H groups in total. The van der Waals surface area contributed by atoms with Crippen LogP contribution in [0.25, 0.3) is 10.9 Å². The van der Waals surface area contributed by atoms with Crippen molar-refractivity contribution in [3.05, 3.63) is 29.5 Å². The van der Waals surface area contributed by atoms with Crippen LogP contribution in [0.4, 0.5) is 0 Å². The Bertz CT molecular complexity index is 586. The normalized spacial score (nSPS) is 19.1. The van der Waals surface area contributed by atoms with Crippen molar-refractivity contribution < 1.29 is 9.53 Å². The maximum atomic E-state index is 12.1. The fourth-order valence-electron chi connectivity index (χ4n) is 2.37. The first-order chi connectivity index (χ1) is 7.72. The molecule has 1 atom stereocenters. The van der Waals surface area contributed by atoms with Gasteiger partial charge in [-0.3, -0.25) is 4.79 Å². The van der Waals surface area contributed by atoms with E-state index in [0.29, 0.717) is 17.7 Å². The van der Waals surface area contributed by atoms with Crippen LogP contribution in [0.15, 0.2) is 18.3 Å². The lowest BCUT2D eigenvalue weighted by atomic mass is 9.88. The Kier molecular flexibility index (Phi) is 1.82. The second-order valence-electron chi connectivity index (χ2n) is 4.05. The van der Waals surface area contributed by atoms with Gasteiger partial charge in [-0.05, 0) is 24.1 Å². The Balaban J connectivity index is 2.43. The fraction of sp³-hybridized carbons (Fsp3) is 0.250. The largest absolute Gasteiger partial charge is 0.496 e. The summed E-state index contributed by atoms with van der Waals surface area (Å²) in [6.45, 7) is 0. The number of aromatic amines is 1. The molecule has 1 heterocycles. The highest BCUT2D eigenvalue weighted by Gasteiger charge is 2.29. The number of methoxy groups -OCH3 is 1. The van der Waals surface area contributed by atoms with Gasteiger partial charge < -0.3 is 15.5 Å². The molecule has 2 aromatic rings. The number of ether oxygens (including phenoxy) is 1. The van der Waals surface area contributed by atoms with Crippen LogP contribution < -0.4 is 10.5 Å². The molecular weight excluding hydrogens is 204 g/mol. The average molecular weight is 216 g/mol. The van der Waals surface area contributed by atoms with Gasteiger partial charge in [0.25, 0.3) is 0 Å². The molecule has 0 unspecified atom stereocenters. The van der Waals surface area contributed by atoms with Crippen molar-refractivity contribution in [3.63, 3.8) is 0 Å². The second-order valence-corrected chi connectivity index (χ2v) is 4.05. The van der Waals surface area contributed by atoms with Gasteiger partial charge in [-0.2, -0.15) is 0 Å². The standard InChI is InChI=1S/C12H12N2O2/c1-16-9-3-2-8-10-6(5-14-8)4-7(13)12(15)11(9)10/h2-3,5,7,14H,4,13H2,1H3/t7-/m0/s1. The van der Waals surface area contributed by atoms with Gasteiger partial charge in [-0.1, -0.05) is 0 Å². The summed E-state index contributed by atoms with van der Waals surface area (Å²) in [5.74, 6) is 0.572. The Morgan fingerprint density at radius 1 is 1.50 bits per heavy atom. The van der Waals surface area contributed by atoms with Crippen molar-refractivity contribution in [2.75, 3.05) is 7.11 Å². The fourth-order valence-corrected chi connectivity index (χ4v) is 2.37. The Labute approximate surface area is 92.4 Å². The Hall–Kier alpha value is -1.81. The number of nitrogens with two attached hydrogens (primary N) is 1. The smallest absolute Gasteiger partial charge is 0.184 e. The molecular formula is C12H12N2O2. The van der Waals surface area contributed by atoms with E-state index in [1.54, 1.807) is 13.2 Å². The van der Waals surface area contributed by atoms with E-state index in [0.717, 1.165) is 16.5 Å². The molecule has 0 saturated heterocycles. The van der Waals surface area contributed by atoms with Crippen LogP contribution in [0.3, 0.4) is 0 Å². The number of nitrogens with one attached hydrogen (secondary N) is 1. The molecule has 1 aliphatic carbocycles. The van der Waals surface area contributed by atoms with Gasteiger partial charge >= 0.3 is 0 Å². The summed E-state index contributed by atoms with van der Waals surface area (Å²) in [4.78, 5) is 15.2. The molecule has 4 heteroatoms. The monoisotopic (exact) mass is 216 g/mol. The van der Waals surface area contributed by atoms with Gasteiger partial charge in [0.05, 0.1) is 18.7 Å². The number of aromatic nitrogens is 1. The molecule has 0 radical (unpaired) electrons. The average Bonchev–Trinajstić information content (AvgIpc) is 2.69. The first kappa shape index (κ1) is 9.42. The minimum absolute atomic E-state index is 0.0328. The molecule has 16 heavy (non-hydrogen) atoms. The van der Waals surface area contributed by atoms with Gasteiger partial charge in [-0.25, -0.2) is 0 Å². The summed E-state index contributed by atoms with van der Waals surface area (Å²) in [7, 11) is 1.57. The first-order valence-corrected chi connectivity index (χ1v) is 5.19.